The monoisotopic (exact) mass is 344 g/mol. The molecule has 0 unspecified atom stereocenters. The Labute approximate surface area is 152 Å². The van der Waals surface area contributed by atoms with Gasteiger partial charge in [0, 0.05) is 13.2 Å². The van der Waals surface area contributed by atoms with Gasteiger partial charge in [0.15, 0.2) is 0 Å². The van der Waals surface area contributed by atoms with Crippen molar-refractivity contribution >= 4 is 0 Å². The molecule has 0 aliphatic heterocycles. The molecule has 0 bridgehead atoms. The molecule has 0 aromatic rings. The van der Waals surface area contributed by atoms with Crippen molar-refractivity contribution in [3.63, 3.8) is 0 Å². The van der Waals surface area contributed by atoms with Crippen LogP contribution >= 0.6 is 0 Å². The van der Waals surface area contributed by atoms with Gasteiger partial charge in [-0.1, -0.05) is 91.4 Å². The van der Waals surface area contributed by atoms with Crippen molar-refractivity contribution in [1.82, 2.24) is 0 Å². The lowest BCUT2D eigenvalue weighted by molar-refractivity contribution is 0.118. The molecule has 0 N–H and O–H groups in total. The fourth-order valence-corrected chi connectivity index (χ4v) is 3.05. The maximum atomic E-state index is 11.9. The van der Waals surface area contributed by atoms with Gasteiger partial charge in [0.25, 0.3) is 0 Å². The van der Waals surface area contributed by atoms with Gasteiger partial charge in [-0.25, -0.2) is 0 Å². The summed E-state index contributed by atoms with van der Waals surface area (Å²) in [6, 6.07) is 0. The summed E-state index contributed by atoms with van der Waals surface area (Å²) >= 11 is 0. The summed E-state index contributed by atoms with van der Waals surface area (Å²) in [5.41, 5.74) is 0.443. The van der Waals surface area contributed by atoms with Gasteiger partial charge in [0.2, 0.25) is 0 Å². The highest BCUT2D eigenvalue weighted by molar-refractivity contribution is 4.60. The molecule has 0 aliphatic carbocycles. The van der Waals surface area contributed by atoms with E-state index in [9.17, 15) is 4.39 Å². The maximum absolute atomic E-state index is 11.9. The molecule has 0 spiro atoms. The van der Waals surface area contributed by atoms with Gasteiger partial charge in [-0.3, -0.25) is 4.39 Å². The van der Waals surface area contributed by atoms with Crippen molar-refractivity contribution in [2.75, 3.05) is 19.9 Å². The molecule has 2 heteroatoms. The molecule has 0 aromatic heterocycles. The fraction of sp³-hybridized carbons (Fsp3) is 1.00. The first-order valence-electron chi connectivity index (χ1n) is 10.7. The molecular weight excluding hydrogens is 299 g/mol. The van der Waals surface area contributed by atoms with Crippen LogP contribution in [0.3, 0.4) is 0 Å². The van der Waals surface area contributed by atoms with E-state index in [1.165, 1.54) is 83.5 Å². The zero-order valence-corrected chi connectivity index (χ0v) is 17.0. The van der Waals surface area contributed by atoms with Crippen LogP contribution in [0.5, 0.6) is 0 Å². The molecule has 146 valence electrons. The van der Waals surface area contributed by atoms with Crippen LogP contribution in [0.4, 0.5) is 4.39 Å². The molecule has 0 saturated heterocycles. The maximum Gasteiger partial charge on any atom is 0.0894 e. The smallest absolute Gasteiger partial charge is 0.0894 e. The second-order valence-electron chi connectivity index (χ2n) is 8.56. The van der Waals surface area contributed by atoms with E-state index < -0.39 is 0 Å². The topological polar surface area (TPSA) is 9.23 Å². The van der Waals surface area contributed by atoms with Crippen LogP contribution in [0.25, 0.3) is 0 Å². The van der Waals surface area contributed by atoms with Crippen molar-refractivity contribution in [3.8, 4) is 0 Å². The number of hydrogen-bond donors (Lipinski definition) is 0. The van der Waals surface area contributed by atoms with Gasteiger partial charge in [-0.2, -0.15) is 0 Å². The molecule has 1 nitrogen and oxygen atoms in total. The highest BCUT2D eigenvalue weighted by atomic mass is 19.1. The summed E-state index contributed by atoms with van der Waals surface area (Å²) in [6.45, 7) is 8.63. The van der Waals surface area contributed by atoms with E-state index in [4.69, 9.17) is 4.74 Å². The molecule has 0 aliphatic rings. The first-order chi connectivity index (χ1) is 11.6. The summed E-state index contributed by atoms with van der Waals surface area (Å²) in [6.07, 6.45) is 19.0. The van der Waals surface area contributed by atoms with Crippen LogP contribution in [0.2, 0.25) is 0 Å². The second-order valence-corrected chi connectivity index (χ2v) is 8.56. The Kier molecular flexibility index (Phi) is 17.6. The Morgan fingerprint density at radius 2 is 0.917 bits per heavy atom. The zero-order chi connectivity index (χ0) is 17.9. The van der Waals surface area contributed by atoms with Crippen molar-refractivity contribution in [2.24, 2.45) is 5.41 Å². The number of rotatable bonds is 18. The molecule has 0 rings (SSSR count). The average Bonchev–Trinajstić information content (AvgIpc) is 2.52. The first kappa shape index (κ1) is 23.9. The van der Waals surface area contributed by atoms with Crippen molar-refractivity contribution in [3.05, 3.63) is 0 Å². The third-order valence-corrected chi connectivity index (χ3v) is 4.64. The Morgan fingerprint density at radius 3 is 1.33 bits per heavy atom. The Hall–Kier alpha value is -0.110. The minimum atomic E-state index is -0.136. The van der Waals surface area contributed by atoms with E-state index in [0.717, 1.165) is 26.1 Å². The summed E-state index contributed by atoms with van der Waals surface area (Å²) in [5.74, 6) is 0. The largest absolute Gasteiger partial charge is 0.381 e. The summed E-state index contributed by atoms with van der Waals surface area (Å²) in [5, 5.41) is 0. The molecule has 0 radical (unpaired) electrons. The number of ether oxygens (including phenoxy) is 1. The predicted molar refractivity (Wildman–Crippen MR) is 106 cm³/mol. The van der Waals surface area contributed by atoms with Crippen molar-refractivity contribution < 1.29 is 9.13 Å². The fourth-order valence-electron chi connectivity index (χ4n) is 3.05. The lowest BCUT2D eigenvalue weighted by Crippen LogP contribution is -2.07. The van der Waals surface area contributed by atoms with Crippen LogP contribution in [-0.4, -0.2) is 19.9 Å². The third kappa shape index (κ3) is 21.9. The molecule has 0 fully saturated rings. The third-order valence-electron chi connectivity index (χ3n) is 4.64. The molecule has 0 amide bonds. The van der Waals surface area contributed by atoms with E-state index in [2.05, 4.69) is 20.8 Å². The second kappa shape index (κ2) is 17.7. The minimum Gasteiger partial charge on any atom is -0.381 e. The van der Waals surface area contributed by atoms with Gasteiger partial charge >= 0.3 is 0 Å². The molecule has 0 aromatic carbocycles. The summed E-state index contributed by atoms with van der Waals surface area (Å²) < 4.78 is 17.6. The number of unbranched alkanes of at least 4 members (excludes halogenated alkanes) is 12. The van der Waals surface area contributed by atoms with Crippen LogP contribution in [-0.2, 0) is 4.74 Å². The quantitative estimate of drug-likeness (QED) is 0.230. The van der Waals surface area contributed by atoms with Gasteiger partial charge in [-0.05, 0) is 31.1 Å². The Balaban J connectivity index is 3.00. The van der Waals surface area contributed by atoms with Crippen LogP contribution in [0, 0.1) is 5.41 Å². The number of hydrogen-bond acceptors (Lipinski definition) is 1. The van der Waals surface area contributed by atoms with Gasteiger partial charge in [0.05, 0.1) is 6.67 Å². The van der Waals surface area contributed by atoms with E-state index >= 15 is 0 Å². The van der Waals surface area contributed by atoms with Crippen LogP contribution in [0.15, 0.2) is 0 Å². The highest BCUT2D eigenvalue weighted by Gasteiger charge is 2.08. The van der Waals surface area contributed by atoms with E-state index in [-0.39, 0.29) is 6.67 Å². The van der Waals surface area contributed by atoms with Crippen LogP contribution < -0.4 is 0 Å². The molecule has 0 saturated carbocycles. The van der Waals surface area contributed by atoms with Crippen molar-refractivity contribution in [2.45, 2.75) is 117 Å². The molecule has 24 heavy (non-hydrogen) atoms. The number of alkyl halides is 1. The van der Waals surface area contributed by atoms with E-state index in [1.54, 1.807) is 0 Å². The van der Waals surface area contributed by atoms with Gasteiger partial charge < -0.3 is 4.74 Å². The molecule has 0 atom stereocenters. The Bertz CT molecular complexity index is 235. The van der Waals surface area contributed by atoms with Crippen LogP contribution in [0.1, 0.15) is 117 Å². The summed E-state index contributed by atoms with van der Waals surface area (Å²) in [4.78, 5) is 0. The lowest BCUT2D eigenvalue weighted by Gasteiger charge is -2.17. The SMILES string of the molecule is CC(C)(C)CCCOCCCCCCCCCCCCCCCF. The Morgan fingerprint density at radius 1 is 0.542 bits per heavy atom. The standard InChI is InChI=1S/C22H45FO/c1-22(2,3)18-17-21-24-20-16-14-12-10-8-6-4-5-7-9-11-13-15-19-23/h4-21H2,1-3H3. The summed E-state index contributed by atoms with van der Waals surface area (Å²) in [7, 11) is 0. The molecular formula is C22H45FO. The predicted octanol–water partition coefficient (Wildman–Crippen LogP) is 7.87. The number of halogens is 1. The molecule has 0 heterocycles. The minimum absolute atomic E-state index is 0.136. The normalized spacial score (nSPS) is 12.0. The zero-order valence-electron chi connectivity index (χ0n) is 17.0. The van der Waals surface area contributed by atoms with Gasteiger partial charge in [-0.15, -0.1) is 0 Å². The first-order valence-corrected chi connectivity index (χ1v) is 10.7. The lowest BCUT2D eigenvalue weighted by atomic mass is 9.91. The van der Waals surface area contributed by atoms with E-state index in [1.807, 2.05) is 0 Å². The van der Waals surface area contributed by atoms with Gasteiger partial charge in [0.1, 0.15) is 0 Å². The van der Waals surface area contributed by atoms with E-state index in [0.29, 0.717) is 5.41 Å². The van der Waals surface area contributed by atoms with Crippen molar-refractivity contribution in [1.29, 1.82) is 0 Å². The highest BCUT2D eigenvalue weighted by Crippen LogP contribution is 2.20. The average molecular weight is 345 g/mol.